The summed E-state index contributed by atoms with van der Waals surface area (Å²) in [6, 6.07) is 2.61. The Morgan fingerprint density at radius 3 is 2.84 bits per heavy atom. The summed E-state index contributed by atoms with van der Waals surface area (Å²) in [5.41, 5.74) is -0.161. The SMILES string of the molecule is Cc1sc(CO)cc1S(=O)(=O)Nc1ccncc1F. The lowest BCUT2D eigenvalue weighted by Crippen LogP contribution is -2.14. The van der Waals surface area contributed by atoms with Crippen molar-refractivity contribution in [3.63, 3.8) is 0 Å². The molecule has 5 nitrogen and oxygen atoms in total. The van der Waals surface area contributed by atoms with Crippen LogP contribution in [0, 0.1) is 12.7 Å². The van der Waals surface area contributed by atoms with Crippen molar-refractivity contribution >= 4 is 27.0 Å². The molecule has 2 aromatic heterocycles. The van der Waals surface area contributed by atoms with Crippen molar-refractivity contribution in [3.05, 3.63) is 40.1 Å². The number of hydrogen-bond donors (Lipinski definition) is 2. The molecule has 19 heavy (non-hydrogen) atoms. The van der Waals surface area contributed by atoms with Gasteiger partial charge in [0.1, 0.15) is 4.90 Å². The fourth-order valence-corrected chi connectivity index (χ4v) is 4.09. The Morgan fingerprint density at radius 1 is 1.53 bits per heavy atom. The lowest BCUT2D eigenvalue weighted by atomic mass is 10.4. The first-order valence-electron chi connectivity index (χ1n) is 5.26. The van der Waals surface area contributed by atoms with E-state index in [1.165, 1.54) is 29.7 Å². The zero-order chi connectivity index (χ0) is 14.0. The number of nitrogens with zero attached hydrogens (tertiary/aromatic N) is 1. The van der Waals surface area contributed by atoms with E-state index in [-0.39, 0.29) is 17.2 Å². The standard InChI is InChI=1S/C11H11FN2O3S2/c1-7-11(4-8(6-15)18-7)19(16,17)14-10-2-3-13-5-9(10)12/h2-5,15H,6H2,1H3,(H,13,14). The normalized spacial score (nSPS) is 11.5. The Bertz CT molecular complexity index is 698. The number of nitrogens with one attached hydrogen (secondary N) is 1. The summed E-state index contributed by atoms with van der Waals surface area (Å²) < 4.78 is 39.8. The minimum Gasteiger partial charge on any atom is -0.391 e. The van der Waals surface area contributed by atoms with Crippen molar-refractivity contribution in [1.82, 2.24) is 4.98 Å². The van der Waals surface area contributed by atoms with Crippen LogP contribution in [0.2, 0.25) is 0 Å². The molecule has 0 aromatic carbocycles. The van der Waals surface area contributed by atoms with Gasteiger partial charge in [0.2, 0.25) is 0 Å². The van der Waals surface area contributed by atoms with Crippen LogP contribution in [0.25, 0.3) is 0 Å². The summed E-state index contributed by atoms with van der Waals surface area (Å²) >= 11 is 1.18. The van der Waals surface area contributed by atoms with Crippen LogP contribution in [0.5, 0.6) is 0 Å². The molecule has 0 spiro atoms. The summed E-state index contributed by atoms with van der Waals surface area (Å²) in [6.07, 6.45) is 2.22. The largest absolute Gasteiger partial charge is 0.391 e. The highest BCUT2D eigenvalue weighted by atomic mass is 32.2. The van der Waals surface area contributed by atoms with E-state index in [9.17, 15) is 12.8 Å². The average Bonchev–Trinajstić information content (AvgIpc) is 2.74. The number of sulfonamides is 1. The first-order chi connectivity index (χ1) is 8.94. The number of rotatable bonds is 4. The van der Waals surface area contributed by atoms with Gasteiger partial charge in [0.05, 0.1) is 18.5 Å². The van der Waals surface area contributed by atoms with Gasteiger partial charge in [-0.3, -0.25) is 9.71 Å². The van der Waals surface area contributed by atoms with Crippen molar-refractivity contribution in [2.45, 2.75) is 18.4 Å². The molecule has 0 unspecified atom stereocenters. The third-order valence-electron chi connectivity index (χ3n) is 2.39. The molecule has 0 saturated carbocycles. The Hall–Kier alpha value is -1.51. The van der Waals surface area contributed by atoms with Gasteiger partial charge in [-0.05, 0) is 19.1 Å². The van der Waals surface area contributed by atoms with Gasteiger partial charge < -0.3 is 5.11 Å². The molecule has 0 amide bonds. The van der Waals surface area contributed by atoms with Gasteiger partial charge >= 0.3 is 0 Å². The van der Waals surface area contributed by atoms with Gasteiger partial charge in [-0.1, -0.05) is 0 Å². The van der Waals surface area contributed by atoms with Gasteiger partial charge in [-0.2, -0.15) is 0 Å². The maximum Gasteiger partial charge on any atom is 0.263 e. The van der Waals surface area contributed by atoms with E-state index in [2.05, 4.69) is 9.71 Å². The maximum atomic E-state index is 13.4. The van der Waals surface area contributed by atoms with Gasteiger partial charge in [0, 0.05) is 16.0 Å². The second kappa shape index (κ2) is 5.24. The molecule has 0 saturated heterocycles. The monoisotopic (exact) mass is 302 g/mol. The van der Waals surface area contributed by atoms with Crippen LogP contribution in [0.1, 0.15) is 9.75 Å². The van der Waals surface area contributed by atoms with E-state index in [0.717, 1.165) is 6.20 Å². The fourth-order valence-electron chi connectivity index (χ4n) is 1.53. The van der Waals surface area contributed by atoms with Crippen LogP contribution >= 0.6 is 11.3 Å². The zero-order valence-electron chi connectivity index (χ0n) is 9.92. The number of anilines is 1. The average molecular weight is 302 g/mol. The van der Waals surface area contributed by atoms with Gasteiger partial charge in [-0.15, -0.1) is 11.3 Å². The minimum absolute atomic E-state index is 0.0396. The van der Waals surface area contributed by atoms with Crippen molar-refractivity contribution in [1.29, 1.82) is 0 Å². The first kappa shape index (κ1) is 13.9. The number of pyridine rings is 1. The number of halogens is 1. The zero-order valence-corrected chi connectivity index (χ0v) is 11.6. The second-order valence-electron chi connectivity index (χ2n) is 3.75. The lowest BCUT2D eigenvalue weighted by Gasteiger charge is -2.07. The summed E-state index contributed by atoms with van der Waals surface area (Å²) in [5.74, 6) is -0.749. The third-order valence-corrected chi connectivity index (χ3v) is 5.04. The third kappa shape index (κ3) is 2.91. The van der Waals surface area contributed by atoms with E-state index < -0.39 is 15.8 Å². The minimum atomic E-state index is -3.87. The summed E-state index contributed by atoms with van der Waals surface area (Å²) in [6.45, 7) is 1.39. The number of aromatic nitrogens is 1. The molecular formula is C11H11FN2O3S2. The van der Waals surface area contributed by atoms with Crippen molar-refractivity contribution in [3.8, 4) is 0 Å². The van der Waals surface area contributed by atoms with Crippen molar-refractivity contribution in [2.75, 3.05) is 4.72 Å². The Labute approximate surface area is 113 Å². The molecule has 0 aliphatic heterocycles. The first-order valence-corrected chi connectivity index (χ1v) is 7.56. The predicted octanol–water partition coefficient (Wildman–Crippen LogP) is 1.88. The Balaban J connectivity index is 2.38. The molecule has 2 rings (SSSR count). The number of aliphatic hydroxyl groups excluding tert-OH is 1. The molecule has 0 bridgehead atoms. The van der Waals surface area contributed by atoms with Crippen LogP contribution < -0.4 is 4.72 Å². The number of aryl methyl sites for hydroxylation is 1. The molecule has 102 valence electrons. The van der Waals surface area contributed by atoms with Gasteiger partial charge in [0.15, 0.2) is 5.82 Å². The summed E-state index contributed by atoms with van der Waals surface area (Å²) in [4.78, 5) is 4.65. The highest BCUT2D eigenvalue weighted by Crippen LogP contribution is 2.27. The smallest absolute Gasteiger partial charge is 0.263 e. The second-order valence-corrected chi connectivity index (χ2v) is 6.74. The molecule has 2 heterocycles. The number of thiophene rings is 1. The molecule has 0 aliphatic rings. The Morgan fingerprint density at radius 2 is 2.26 bits per heavy atom. The summed E-state index contributed by atoms with van der Waals surface area (Å²) in [5, 5.41) is 9.00. The predicted molar refractivity (Wildman–Crippen MR) is 70.0 cm³/mol. The van der Waals surface area contributed by atoms with Crippen molar-refractivity contribution < 1.29 is 17.9 Å². The molecular weight excluding hydrogens is 291 g/mol. The number of hydrogen-bond acceptors (Lipinski definition) is 5. The fraction of sp³-hybridized carbons (Fsp3) is 0.182. The van der Waals surface area contributed by atoms with E-state index in [4.69, 9.17) is 5.11 Å². The van der Waals surface area contributed by atoms with E-state index in [0.29, 0.717) is 9.75 Å². The maximum absolute atomic E-state index is 13.4. The van der Waals surface area contributed by atoms with E-state index in [1.807, 2.05) is 0 Å². The quantitative estimate of drug-likeness (QED) is 0.904. The van der Waals surface area contributed by atoms with Crippen LogP contribution in [-0.2, 0) is 16.6 Å². The molecule has 0 fully saturated rings. The van der Waals surface area contributed by atoms with Crippen LogP contribution in [0.4, 0.5) is 10.1 Å². The Kier molecular flexibility index (Phi) is 3.83. The topological polar surface area (TPSA) is 79.3 Å². The van der Waals surface area contributed by atoms with Crippen LogP contribution in [-0.4, -0.2) is 18.5 Å². The van der Waals surface area contributed by atoms with E-state index >= 15 is 0 Å². The van der Waals surface area contributed by atoms with E-state index in [1.54, 1.807) is 6.92 Å². The molecule has 0 atom stereocenters. The van der Waals surface area contributed by atoms with Gasteiger partial charge in [-0.25, -0.2) is 12.8 Å². The summed E-state index contributed by atoms with van der Waals surface area (Å²) in [7, 11) is -3.87. The van der Waals surface area contributed by atoms with Crippen molar-refractivity contribution in [2.24, 2.45) is 0 Å². The molecule has 0 radical (unpaired) electrons. The highest BCUT2D eigenvalue weighted by molar-refractivity contribution is 7.93. The van der Waals surface area contributed by atoms with Gasteiger partial charge in [0.25, 0.3) is 10.0 Å². The van der Waals surface area contributed by atoms with Crippen LogP contribution in [0.3, 0.4) is 0 Å². The molecule has 2 N–H and O–H groups in total. The molecule has 0 aliphatic carbocycles. The highest BCUT2D eigenvalue weighted by Gasteiger charge is 2.21. The molecule has 2 aromatic rings. The number of aliphatic hydroxyl groups is 1. The van der Waals surface area contributed by atoms with Crippen LogP contribution in [0.15, 0.2) is 29.4 Å². The molecule has 8 heteroatoms. The lowest BCUT2D eigenvalue weighted by molar-refractivity contribution is 0.285.